The van der Waals surface area contributed by atoms with Crippen LogP contribution < -0.4 is 5.73 Å². The van der Waals surface area contributed by atoms with Crippen LogP contribution in [0.1, 0.15) is 12.8 Å². The molecule has 0 aliphatic carbocycles. The van der Waals surface area contributed by atoms with Crippen LogP contribution in [-0.4, -0.2) is 42.0 Å². The fraction of sp³-hybridized carbons (Fsp3) is 0.538. The first-order valence-electron chi connectivity index (χ1n) is 6.66. The second-order valence-electron chi connectivity index (χ2n) is 5.32. The molecule has 1 aromatic rings. The van der Waals surface area contributed by atoms with Gasteiger partial charge in [0.05, 0.1) is 27.6 Å². The van der Waals surface area contributed by atoms with E-state index in [9.17, 15) is 17.0 Å². The summed E-state index contributed by atoms with van der Waals surface area (Å²) in [6, 6.07) is 3.81. The van der Waals surface area contributed by atoms with E-state index in [-0.39, 0.29) is 11.6 Å². The largest absolute Gasteiger partial charge is 0.398 e. The minimum atomic E-state index is -3.21. The van der Waals surface area contributed by atoms with Gasteiger partial charge >= 0.3 is 0 Å². The average Bonchev–Trinajstić information content (AvgIpc) is 2.37. The Labute approximate surface area is 126 Å². The van der Waals surface area contributed by atoms with Crippen LogP contribution >= 0.6 is 0 Å². The summed E-state index contributed by atoms with van der Waals surface area (Å²) in [5, 5.41) is 0. The zero-order valence-electron chi connectivity index (χ0n) is 11.8. The minimum Gasteiger partial charge on any atom is -0.398 e. The number of nitrogens with two attached hydrogens (primary N) is 1. The maximum atomic E-state index is 13.0. The van der Waals surface area contributed by atoms with Crippen molar-refractivity contribution in [1.29, 1.82) is 0 Å². The van der Waals surface area contributed by atoms with Crippen LogP contribution in [0.15, 0.2) is 23.1 Å². The second kappa shape index (κ2) is 6.41. The van der Waals surface area contributed by atoms with E-state index >= 15 is 0 Å². The van der Waals surface area contributed by atoms with E-state index in [4.69, 9.17) is 5.73 Å². The van der Waals surface area contributed by atoms with Crippen molar-refractivity contribution in [2.24, 2.45) is 5.92 Å². The first-order valence-corrected chi connectivity index (χ1v) is 9.82. The van der Waals surface area contributed by atoms with Crippen LogP contribution in [0.5, 0.6) is 0 Å². The second-order valence-corrected chi connectivity index (χ2v) is 8.77. The van der Waals surface area contributed by atoms with Crippen molar-refractivity contribution in [1.82, 2.24) is 4.31 Å². The van der Waals surface area contributed by atoms with Crippen LogP contribution in [-0.2, 0) is 20.8 Å². The highest BCUT2D eigenvalue weighted by Gasteiger charge is 2.27. The maximum Gasteiger partial charge on any atom is 0.211 e. The molecule has 2 rings (SSSR count). The standard InChI is InChI=1S/C13H19FN2O3S2/c1-21(18,19)16-6-2-3-10(8-16)9-20(17)13-5-4-11(14)7-12(13)15/h4-5,7,10H,2-3,6,8-9,15H2,1H3. The van der Waals surface area contributed by atoms with Crippen molar-refractivity contribution in [3.8, 4) is 0 Å². The molecule has 2 N–H and O–H groups in total. The molecule has 5 nitrogen and oxygen atoms in total. The van der Waals surface area contributed by atoms with Gasteiger partial charge in [0.15, 0.2) is 0 Å². The van der Waals surface area contributed by atoms with Crippen molar-refractivity contribution in [3.63, 3.8) is 0 Å². The number of hydrogen-bond acceptors (Lipinski definition) is 4. The van der Waals surface area contributed by atoms with Crippen molar-refractivity contribution in [3.05, 3.63) is 24.0 Å². The normalized spacial score (nSPS) is 22.1. The van der Waals surface area contributed by atoms with E-state index < -0.39 is 26.6 Å². The molecule has 0 aromatic heterocycles. The van der Waals surface area contributed by atoms with Gasteiger partial charge in [-0.1, -0.05) is 0 Å². The Morgan fingerprint density at radius 1 is 1.48 bits per heavy atom. The van der Waals surface area contributed by atoms with E-state index in [1.807, 2.05) is 0 Å². The highest BCUT2D eigenvalue weighted by molar-refractivity contribution is 7.88. The highest BCUT2D eigenvalue weighted by atomic mass is 32.2. The molecule has 0 saturated carbocycles. The van der Waals surface area contributed by atoms with Gasteiger partial charge in [-0.3, -0.25) is 4.21 Å². The van der Waals surface area contributed by atoms with Crippen molar-refractivity contribution in [2.75, 3.05) is 30.8 Å². The first-order chi connectivity index (χ1) is 9.77. The molecule has 1 fully saturated rings. The van der Waals surface area contributed by atoms with E-state index in [0.717, 1.165) is 18.9 Å². The van der Waals surface area contributed by atoms with Gasteiger partial charge in [-0.25, -0.2) is 17.1 Å². The molecule has 0 bridgehead atoms. The van der Waals surface area contributed by atoms with Crippen molar-refractivity contribution in [2.45, 2.75) is 17.7 Å². The molecule has 1 aromatic carbocycles. The van der Waals surface area contributed by atoms with Gasteiger partial charge < -0.3 is 5.73 Å². The third-order valence-corrected chi connectivity index (χ3v) is 6.46. The van der Waals surface area contributed by atoms with E-state index in [0.29, 0.717) is 23.7 Å². The van der Waals surface area contributed by atoms with Gasteiger partial charge in [0.25, 0.3) is 0 Å². The van der Waals surface area contributed by atoms with Crippen LogP contribution in [0, 0.1) is 11.7 Å². The zero-order chi connectivity index (χ0) is 15.6. The number of nitrogen functional groups attached to an aromatic ring is 1. The number of piperidine rings is 1. The third-order valence-electron chi connectivity index (χ3n) is 3.55. The van der Waals surface area contributed by atoms with Crippen molar-refractivity contribution >= 4 is 26.5 Å². The lowest BCUT2D eigenvalue weighted by Gasteiger charge is -2.30. The molecular formula is C13H19FN2O3S2. The fourth-order valence-electron chi connectivity index (χ4n) is 2.49. The van der Waals surface area contributed by atoms with E-state index in [2.05, 4.69) is 0 Å². The van der Waals surface area contributed by atoms with Gasteiger partial charge in [0.1, 0.15) is 5.82 Å². The summed E-state index contributed by atoms with van der Waals surface area (Å²) in [6.07, 6.45) is 2.77. The van der Waals surface area contributed by atoms with Gasteiger partial charge in [0, 0.05) is 18.8 Å². The van der Waals surface area contributed by atoms with Gasteiger partial charge in [0.2, 0.25) is 10.0 Å². The number of sulfonamides is 1. The smallest absolute Gasteiger partial charge is 0.211 e. The summed E-state index contributed by atoms with van der Waals surface area (Å²) in [7, 11) is -4.57. The third kappa shape index (κ3) is 4.24. The van der Waals surface area contributed by atoms with Crippen molar-refractivity contribution < 1.29 is 17.0 Å². The predicted molar refractivity (Wildman–Crippen MR) is 81.2 cm³/mol. The highest BCUT2D eigenvalue weighted by Crippen LogP contribution is 2.24. The molecule has 0 radical (unpaired) electrons. The Bertz CT molecular complexity index is 649. The number of halogens is 1. The fourth-order valence-corrected chi connectivity index (χ4v) is 4.86. The minimum absolute atomic E-state index is 0.0266. The molecule has 1 heterocycles. The summed E-state index contributed by atoms with van der Waals surface area (Å²) in [4.78, 5) is 0.410. The summed E-state index contributed by atoms with van der Waals surface area (Å²) in [6.45, 7) is 0.895. The molecule has 1 aliphatic rings. The Morgan fingerprint density at radius 3 is 2.81 bits per heavy atom. The molecule has 0 amide bonds. The lowest BCUT2D eigenvalue weighted by molar-refractivity contribution is 0.285. The summed E-state index contributed by atoms with van der Waals surface area (Å²) in [5.74, 6) is -0.102. The summed E-state index contributed by atoms with van der Waals surface area (Å²) < 4.78 is 49.9. The van der Waals surface area contributed by atoms with Crippen LogP contribution in [0.3, 0.4) is 0 Å². The number of rotatable bonds is 4. The van der Waals surface area contributed by atoms with Crippen LogP contribution in [0.4, 0.5) is 10.1 Å². The predicted octanol–water partition coefficient (Wildman–Crippen LogP) is 1.19. The van der Waals surface area contributed by atoms with Gasteiger partial charge in [-0.15, -0.1) is 0 Å². The van der Waals surface area contributed by atoms with Crippen LogP contribution in [0.25, 0.3) is 0 Å². The average molecular weight is 334 g/mol. The first kappa shape index (κ1) is 16.4. The molecule has 1 aliphatic heterocycles. The Morgan fingerprint density at radius 2 is 2.19 bits per heavy atom. The molecule has 21 heavy (non-hydrogen) atoms. The number of hydrogen-bond donors (Lipinski definition) is 1. The zero-order valence-corrected chi connectivity index (χ0v) is 13.4. The van der Waals surface area contributed by atoms with E-state index in [1.165, 1.54) is 22.7 Å². The quantitative estimate of drug-likeness (QED) is 0.839. The SMILES string of the molecule is CS(=O)(=O)N1CCCC(CS(=O)c2ccc(F)cc2N)C1. The lowest BCUT2D eigenvalue weighted by atomic mass is 10.0. The molecule has 8 heteroatoms. The Balaban J connectivity index is 2.05. The molecule has 2 atom stereocenters. The number of nitrogens with zero attached hydrogens (tertiary/aromatic N) is 1. The summed E-state index contributed by atoms with van der Waals surface area (Å²) >= 11 is 0. The van der Waals surface area contributed by atoms with E-state index in [1.54, 1.807) is 0 Å². The lowest BCUT2D eigenvalue weighted by Crippen LogP contribution is -2.40. The molecule has 0 spiro atoms. The molecule has 2 unspecified atom stereocenters. The monoisotopic (exact) mass is 334 g/mol. The Hall–Kier alpha value is -0.990. The van der Waals surface area contributed by atoms with Gasteiger partial charge in [-0.05, 0) is 37.0 Å². The molecular weight excluding hydrogens is 315 g/mol. The summed E-state index contributed by atoms with van der Waals surface area (Å²) in [5.41, 5.74) is 5.86. The Kier molecular flexibility index (Phi) is 5.00. The topological polar surface area (TPSA) is 80.5 Å². The maximum absolute atomic E-state index is 13.0. The number of benzene rings is 1. The molecule has 118 valence electrons. The van der Waals surface area contributed by atoms with Gasteiger partial charge in [-0.2, -0.15) is 0 Å². The number of anilines is 1. The van der Waals surface area contributed by atoms with Crippen LogP contribution in [0.2, 0.25) is 0 Å². The molecule has 1 saturated heterocycles.